The minimum absolute atomic E-state index is 1.01. The van der Waals surface area contributed by atoms with Crippen LogP contribution >= 0.6 is 0 Å². The van der Waals surface area contributed by atoms with Crippen LogP contribution in [0.1, 0.15) is 58.8 Å². The summed E-state index contributed by atoms with van der Waals surface area (Å²) >= 11 is 0. The standard InChI is InChI=1S/C15H20/c1-3-5-7-10-14-12-9-13-15(14)11-8-6-4-2/h3-6,9,12-13H2,1-2H3. The fourth-order valence-corrected chi connectivity index (χ4v) is 1.61. The van der Waals surface area contributed by atoms with Crippen molar-refractivity contribution in [2.45, 2.75) is 58.8 Å². The normalized spacial score (nSPS) is 14.3. The van der Waals surface area contributed by atoms with Gasteiger partial charge in [-0.25, -0.2) is 0 Å². The highest BCUT2D eigenvalue weighted by Gasteiger charge is 2.10. The summed E-state index contributed by atoms with van der Waals surface area (Å²) in [7, 11) is 0. The quantitative estimate of drug-likeness (QED) is 0.589. The Hall–Kier alpha value is -1.14. The van der Waals surface area contributed by atoms with E-state index >= 15 is 0 Å². The average molecular weight is 200 g/mol. The summed E-state index contributed by atoms with van der Waals surface area (Å²) in [5.41, 5.74) is 2.62. The van der Waals surface area contributed by atoms with E-state index in [1.807, 2.05) is 0 Å². The smallest absolute Gasteiger partial charge is 0.0136 e. The van der Waals surface area contributed by atoms with Gasteiger partial charge in [0, 0.05) is 24.0 Å². The zero-order valence-corrected chi connectivity index (χ0v) is 9.95. The molecule has 0 aromatic rings. The Morgan fingerprint density at radius 2 is 1.33 bits per heavy atom. The summed E-state index contributed by atoms with van der Waals surface area (Å²) in [5.74, 6) is 13.0. The van der Waals surface area contributed by atoms with Crippen molar-refractivity contribution >= 4 is 0 Å². The minimum atomic E-state index is 1.01. The lowest BCUT2D eigenvalue weighted by atomic mass is 10.1. The lowest BCUT2D eigenvalue weighted by molar-refractivity contribution is 0.909. The van der Waals surface area contributed by atoms with Gasteiger partial charge in [-0.15, -0.1) is 0 Å². The van der Waals surface area contributed by atoms with E-state index in [0.717, 1.165) is 38.5 Å². The van der Waals surface area contributed by atoms with Crippen LogP contribution in [-0.4, -0.2) is 0 Å². The lowest BCUT2D eigenvalue weighted by Gasteiger charge is -1.90. The Labute approximate surface area is 94.2 Å². The van der Waals surface area contributed by atoms with Gasteiger partial charge in [-0.1, -0.05) is 37.5 Å². The van der Waals surface area contributed by atoms with Crippen LogP contribution in [0.25, 0.3) is 0 Å². The first-order chi connectivity index (χ1) is 7.38. The van der Waals surface area contributed by atoms with Gasteiger partial charge in [0.25, 0.3) is 0 Å². The first kappa shape index (κ1) is 11.9. The highest BCUT2D eigenvalue weighted by molar-refractivity contribution is 5.45. The molecule has 1 aliphatic carbocycles. The molecule has 0 radical (unpaired) electrons. The number of rotatable bonds is 2. The van der Waals surface area contributed by atoms with Gasteiger partial charge >= 0.3 is 0 Å². The van der Waals surface area contributed by atoms with Crippen LogP contribution in [0.2, 0.25) is 0 Å². The predicted octanol–water partition coefficient (Wildman–Crippen LogP) is 4.07. The Morgan fingerprint density at radius 1 is 0.867 bits per heavy atom. The van der Waals surface area contributed by atoms with Gasteiger partial charge in [-0.3, -0.25) is 0 Å². The fourth-order valence-electron chi connectivity index (χ4n) is 1.61. The lowest BCUT2D eigenvalue weighted by Crippen LogP contribution is -1.77. The third kappa shape index (κ3) is 4.26. The van der Waals surface area contributed by atoms with E-state index in [4.69, 9.17) is 0 Å². The van der Waals surface area contributed by atoms with Crippen LogP contribution in [0.15, 0.2) is 11.1 Å². The van der Waals surface area contributed by atoms with Crippen molar-refractivity contribution in [3.05, 3.63) is 11.1 Å². The van der Waals surface area contributed by atoms with Crippen LogP contribution in [0.4, 0.5) is 0 Å². The Kier molecular flexibility index (Phi) is 5.72. The minimum Gasteiger partial charge on any atom is -0.0982 e. The van der Waals surface area contributed by atoms with Crippen LogP contribution in [-0.2, 0) is 0 Å². The molecule has 1 aliphatic rings. The molecule has 0 amide bonds. The number of hydrogen-bond donors (Lipinski definition) is 0. The molecule has 0 nitrogen and oxygen atoms in total. The first-order valence-corrected chi connectivity index (χ1v) is 6.08. The third-order valence-corrected chi connectivity index (χ3v) is 2.45. The van der Waals surface area contributed by atoms with Gasteiger partial charge in [0.05, 0.1) is 0 Å². The van der Waals surface area contributed by atoms with E-state index in [1.54, 1.807) is 0 Å². The third-order valence-electron chi connectivity index (χ3n) is 2.45. The van der Waals surface area contributed by atoms with Gasteiger partial charge in [-0.2, -0.15) is 0 Å². The number of unbranched alkanes of at least 4 members (excludes halogenated alkanes) is 2. The summed E-state index contributed by atoms with van der Waals surface area (Å²) in [5, 5.41) is 0. The largest absolute Gasteiger partial charge is 0.0982 e. The van der Waals surface area contributed by atoms with E-state index in [-0.39, 0.29) is 0 Å². The van der Waals surface area contributed by atoms with Gasteiger partial charge in [0.2, 0.25) is 0 Å². The molecule has 0 aliphatic heterocycles. The van der Waals surface area contributed by atoms with E-state index in [0.29, 0.717) is 0 Å². The molecule has 0 spiro atoms. The molecule has 0 saturated heterocycles. The molecule has 0 saturated carbocycles. The molecule has 0 fully saturated rings. The molecular weight excluding hydrogens is 180 g/mol. The maximum absolute atomic E-state index is 3.29. The summed E-state index contributed by atoms with van der Waals surface area (Å²) < 4.78 is 0. The Morgan fingerprint density at radius 3 is 1.73 bits per heavy atom. The van der Waals surface area contributed by atoms with Crippen molar-refractivity contribution in [1.29, 1.82) is 0 Å². The predicted molar refractivity (Wildman–Crippen MR) is 66.2 cm³/mol. The number of hydrogen-bond acceptors (Lipinski definition) is 0. The van der Waals surface area contributed by atoms with E-state index in [2.05, 4.69) is 37.5 Å². The highest BCUT2D eigenvalue weighted by atomic mass is 14.1. The molecule has 0 N–H and O–H groups in total. The van der Waals surface area contributed by atoms with Crippen LogP contribution in [0, 0.1) is 23.7 Å². The Bertz CT molecular complexity index is 302. The molecule has 15 heavy (non-hydrogen) atoms. The topological polar surface area (TPSA) is 0 Å². The maximum Gasteiger partial charge on any atom is 0.0136 e. The van der Waals surface area contributed by atoms with Crippen molar-refractivity contribution in [3.63, 3.8) is 0 Å². The maximum atomic E-state index is 3.29. The van der Waals surface area contributed by atoms with Crippen molar-refractivity contribution in [2.75, 3.05) is 0 Å². The molecule has 80 valence electrons. The second-order valence-electron chi connectivity index (χ2n) is 3.91. The molecule has 0 heterocycles. The number of allylic oxidation sites excluding steroid dienone is 2. The van der Waals surface area contributed by atoms with Gasteiger partial charge < -0.3 is 0 Å². The van der Waals surface area contributed by atoms with Gasteiger partial charge in [0.1, 0.15) is 0 Å². The monoisotopic (exact) mass is 200 g/mol. The van der Waals surface area contributed by atoms with Gasteiger partial charge in [-0.05, 0) is 32.1 Å². The fraction of sp³-hybridized carbons (Fsp3) is 0.600. The molecule has 0 atom stereocenters. The molecule has 1 rings (SSSR count). The summed E-state index contributed by atoms with van der Waals surface area (Å²) in [4.78, 5) is 0. The van der Waals surface area contributed by atoms with Gasteiger partial charge in [0.15, 0.2) is 0 Å². The summed E-state index contributed by atoms with van der Waals surface area (Å²) in [6.07, 6.45) is 7.86. The summed E-state index contributed by atoms with van der Waals surface area (Å²) in [6, 6.07) is 0. The van der Waals surface area contributed by atoms with Crippen molar-refractivity contribution in [1.82, 2.24) is 0 Å². The molecule has 0 aromatic carbocycles. The highest BCUT2D eigenvalue weighted by Crippen LogP contribution is 2.24. The molecule has 0 aromatic heterocycles. The molecule has 0 unspecified atom stereocenters. The van der Waals surface area contributed by atoms with Crippen LogP contribution in [0.5, 0.6) is 0 Å². The van der Waals surface area contributed by atoms with Crippen molar-refractivity contribution < 1.29 is 0 Å². The zero-order valence-electron chi connectivity index (χ0n) is 9.95. The molecular formula is C15H20. The second-order valence-corrected chi connectivity index (χ2v) is 3.91. The van der Waals surface area contributed by atoms with Crippen molar-refractivity contribution in [2.24, 2.45) is 0 Å². The van der Waals surface area contributed by atoms with E-state index < -0.39 is 0 Å². The van der Waals surface area contributed by atoms with E-state index in [1.165, 1.54) is 17.6 Å². The average Bonchev–Trinajstić information content (AvgIpc) is 2.67. The first-order valence-electron chi connectivity index (χ1n) is 6.08. The van der Waals surface area contributed by atoms with Crippen LogP contribution < -0.4 is 0 Å². The molecule has 0 heteroatoms. The Balaban J connectivity index is 2.64. The second kappa shape index (κ2) is 7.19. The van der Waals surface area contributed by atoms with Crippen molar-refractivity contribution in [3.8, 4) is 23.7 Å². The molecule has 0 bridgehead atoms. The zero-order chi connectivity index (χ0) is 10.9. The van der Waals surface area contributed by atoms with Crippen LogP contribution in [0.3, 0.4) is 0 Å². The SMILES string of the molecule is CCCC#CC1=C(C#CCCC)CCC1. The van der Waals surface area contributed by atoms with E-state index in [9.17, 15) is 0 Å². The summed E-state index contributed by atoms with van der Waals surface area (Å²) in [6.45, 7) is 4.33.